The number of nitrogens with one attached hydrogen (secondary N) is 1. The zero-order valence-corrected chi connectivity index (χ0v) is 18.6. The third kappa shape index (κ3) is 4.50. The van der Waals surface area contributed by atoms with Crippen molar-refractivity contribution in [1.29, 1.82) is 0 Å². The van der Waals surface area contributed by atoms with Crippen LogP contribution in [-0.4, -0.2) is 76.3 Å². The molecule has 0 atom stereocenters. The van der Waals surface area contributed by atoms with E-state index >= 15 is 0 Å². The molecule has 0 radical (unpaired) electrons. The Balaban J connectivity index is 1.32. The van der Waals surface area contributed by atoms with Crippen molar-refractivity contribution in [2.75, 3.05) is 61.9 Å². The van der Waals surface area contributed by atoms with E-state index in [2.05, 4.69) is 25.3 Å². The van der Waals surface area contributed by atoms with Gasteiger partial charge in [-0.05, 0) is 18.8 Å². The molecule has 0 saturated carbocycles. The molecule has 0 spiro atoms. The summed E-state index contributed by atoms with van der Waals surface area (Å²) >= 11 is 0. The number of pyridine rings is 1. The van der Waals surface area contributed by atoms with E-state index in [1.165, 1.54) is 6.20 Å². The molecule has 2 aliphatic heterocycles. The molecule has 3 N–H and O–H groups in total. The fourth-order valence-corrected chi connectivity index (χ4v) is 4.66. The van der Waals surface area contributed by atoms with E-state index in [1.807, 2.05) is 4.90 Å². The van der Waals surface area contributed by atoms with Crippen LogP contribution in [-0.2, 0) is 4.74 Å². The molecule has 2 saturated heterocycles. The smallest absolute Gasteiger partial charge is 0.263 e. The predicted molar refractivity (Wildman–Crippen MR) is 122 cm³/mol. The number of fused-ring (bicyclic) bond motifs is 1. The first kappa shape index (κ1) is 22.4. The number of halogens is 2. The van der Waals surface area contributed by atoms with Gasteiger partial charge < -0.3 is 20.7 Å². The van der Waals surface area contributed by atoms with Crippen molar-refractivity contribution in [2.24, 2.45) is 5.92 Å². The van der Waals surface area contributed by atoms with Crippen LogP contribution in [0.5, 0.6) is 0 Å². The van der Waals surface area contributed by atoms with E-state index in [1.54, 1.807) is 0 Å². The second kappa shape index (κ2) is 9.47. The lowest BCUT2D eigenvalue weighted by molar-refractivity contribution is 0.0289. The summed E-state index contributed by atoms with van der Waals surface area (Å²) in [7, 11) is 0. The topological polar surface area (TPSA) is 114 Å². The molecule has 0 aromatic carbocycles. The lowest BCUT2D eigenvalue weighted by atomic mass is 9.95. The van der Waals surface area contributed by atoms with Crippen molar-refractivity contribution in [2.45, 2.75) is 12.8 Å². The summed E-state index contributed by atoms with van der Waals surface area (Å²) in [6, 6.07) is 0. The molecule has 34 heavy (non-hydrogen) atoms. The largest absolute Gasteiger partial charge is 0.381 e. The number of nitrogen functional groups attached to an aromatic ring is 1. The number of anilines is 3. The number of carbonyl (C=O) groups is 1. The molecule has 5 heterocycles. The number of carbonyl (C=O) groups excluding carboxylic acids is 1. The summed E-state index contributed by atoms with van der Waals surface area (Å²) in [5.41, 5.74) is 6.51. The van der Waals surface area contributed by atoms with E-state index in [4.69, 9.17) is 10.5 Å². The standard InChI is InChI=1S/C22H26F2N8O2/c23-15-9-27-21-18(20(25)29-32(21)13-15)22(33)28-17-11-26-10-16(24)19(17)31-3-1-14(2-4-31)12-30-5-7-34-8-6-30/h9-11,13-14H,1-8,12H2,(H2,25,29)(H,28,33). The molecule has 3 aromatic heterocycles. The van der Waals surface area contributed by atoms with Crippen LogP contribution in [0.4, 0.5) is 26.0 Å². The molecule has 10 nitrogen and oxygen atoms in total. The minimum Gasteiger partial charge on any atom is -0.381 e. The van der Waals surface area contributed by atoms with Gasteiger partial charge in [-0.1, -0.05) is 0 Å². The lowest BCUT2D eigenvalue weighted by Crippen LogP contribution is -2.43. The van der Waals surface area contributed by atoms with Crippen LogP contribution >= 0.6 is 0 Å². The van der Waals surface area contributed by atoms with E-state index in [0.29, 0.717) is 24.7 Å². The summed E-state index contributed by atoms with van der Waals surface area (Å²) in [4.78, 5) is 25.2. The zero-order valence-electron chi connectivity index (χ0n) is 18.6. The van der Waals surface area contributed by atoms with Gasteiger partial charge in [-0.3, -0.25) is 14.7 Å². The quantitative estimate of drug-likeness (QED) is 0.578. The van der Waals surface area contributed by atoms with Crippen LogP contribution in [0.3, 0.4) is 0 Å². The highest BCUT2D eigenvalue weighted by molar-refractivity contribution is 6.12. The number of amides is 1. The van der Waals surface area contributed by atoms with Gasteiger partial charge in [-0.25, -0.2) is 18.3 Å². The Bertz CT molecular complexity index is 1190. The summed E-state index contributed by atoms with van der Waals surface area (Å²) in [5, 5.41) is 6.65. The summed E-state index contributed by atoms with van der Waals surface area (Å²) in [6.07, 6.45) is 6.44. The number of morpholine rings is 1. The van der Waals surface area contributed by atoms with E-state index < -0.39 is 17.5 Å². The minimum absolute atomic E-state index is 0.0144. The van der Waals surface area contributed by atoms with Crippen molar-refractivity contribution in [3.63, 3.8) is 0 Å². The molecule has 2 fully saturated rings. The number of aromatic nitrogens is 4. The first-order valence-corrected chi connectivity index (χ1v) is 11.3. The second-order valence-electron chi connectivity index (χ2n) is 8.62. The first-order chi connectivity index (χ1) is 16.5. The molecule has 3 aromatic rings. The number of hydrogen-bond donors (Lipinski definition) is 2. The van der Waals surface area contributed by atoms with Gasteiger partial charge in [0.1, 0.15) is 11.3 Å². The van der Waals surface area contributed by atoms with Crippen LogP contribution in [0.25, 0.3) is 5.65 Å². The predicted octanol–water partition coefficient (Wildman–Crippen LogP) is 1.79. The number of nitrogens with zero attached hydrogens (tertiary/aromatic N) is 6. The number of rotatable bonds is 5. The van der Waals surface area contributed by atoms with Gasteiger partial charge in [0.25, 0.3) is 5.91 Å². The molecule has 5 rings (SSSR count). The monoisotopic (exact) mass is 472 g/mol. The molecule has 0 bridgehead atoms. The Labute approximate surface area is 194 Å². The molecule has 0 unspecified atom stereocenters. The van der Waals surface area contributed by atoms with E-state index in [9.17, 15) is 13.6 Å². The molecule has 2 aliphatic rings. The minimum atomic E-state index is -0.623. The highest BCUT2D eigenvalue weighted by atomic mass is 19.1. The van der Waals surface area contributed by atoms with Crippen LogP contribution in [0, 0.1) is 17.6 Å². The summed E-state index contributed by atoms with van der Waals surface area (Å²) in [6.45, 7) is 5.78. The second-order valence-corrected chi connectivity index (χ2v) is 8.62. The fraction of sp³-hybridized carbons (Fsp3) is 0.455. The number of piperidine rings is 1. The van der Waals surface area contributed by atoms with Crippen LogP contribution < -0.4 is 16.0 Å². The Morgan fingerprint density at radius 2 is 1.91 bits per heavy atom. The van der Waals surface area contributed by atoms with Crippen molar-refractivity contribution in [3.05, 3.63) is 42.0 Å². The third-order valence-corrected chi connectivity index (χ3v) is 6.37. The third-order valence-electron chi connectivity index (χ3n) is 6.37. The highest BCUT2D eigenvalue weighted by Crippen LogP contribution is 2.33. The Morgan fingerprint density at radius 1 is 1.15 bits per heavy atom. The molecular weight excluding hydrogens is 446 g/mol. The van der Waals surface area contributed by atoms with E-state index in [-0.39, 0.29) is 22.7 Å². The maximum Gasteiger partial charge on any atom is 0.263 e. The number of ether oxygens (including phenoxy) is 1. The van der Waals surface area contributed by atoms with Crippen molar-refractivity contribution in [3.8, 4) is 0 Å². The Hall–Kier alpha value is -3.38. The maximum atomic E-state index is 14.9. The fourth-order valence-electron chi connectivity index (χ4n) is 4.66. The van der Waals surface area contributed by atoms with E-state index in [0.717, 1.165) is 68.8 Å². The average molecular weight is 473 g/mol. The van der Waals surface area contributed by atoms with Gasteiger partial charge in [0.15, 0.2) is 23.1 Å². The first-order valence-electron chi connectivity index (χ1n) is 11.3. The van der Waals surface area contributed by atoms with Gasteiger partial charge >= 0.3 is 0 Å². The molecule has 1 amide bonds. The van der Waals surface area contributed by atoms with Gasteiger partial charge in [-0.2, -0.15) is 0 Å². The molecule has 0 aliphatic carbocycles. The van der Waals surface area contributed by atoms with Gasteiger partial charge in [0, 0.05) is 32.7 Å². The van der Waals surface area contributed by atoms with Crippen LogP contribution in [0.2, 0.25) is 0 Å². The Kier molecular flexibility index (Phi) is 6.24. The van der Waals surface area contributed by atoms with Crippen molar-refractivity contribution < 1.29 is 18.3 Å². The average Bonchev–Trinajstić information content (AvgIpc) is 3.15. The zero-order chi connectivity index (χ0) is 23.7. The van der Waals surface area contributed by atoms with Crippen molar-refractivity contribution in [1.82, 2.24) is 24.5 Å². The van der Waals surface area contributed by atoms with Crippen molar-refractivity contribution >= 4 is 28.7 Å². The summed E-state index contributed by atoms with van der Waals surface area (Å²) < 4.78 is 34.9. The lowest BCUT2D eigenvalue weighted by Gasteiger charge is -2.37. The molecule has 180 valence electrons. The Morgan fingerprint density at radius 3 is 2.68 bits per heavy atom. The summed E-state index contributed by atoms with van der Waals surface area (Å²) in [5.74, 6) is -1.33. The van der Waals surface area contributed by atoms with Crippen LogP contribution in [0.15, 0.2) is 24.8 Å². The maximum absolute atomic E-state index is 14.9. The number of hydrogen-bond acceptors (Lipinski definition) is 8. The van der Waals surface area contributed by atoms with Crippen LogP contribution in [0.1, 0.15) is 23.2 Å². The normalized spacial score (nSPS) is 17.9. The molecule has 12 heteroatoms. The number of nitrogens with two attached hydrogens (primary N) is 1. The molecular formula is C22H26F2N8O2. The van der Waals surface area contributed by atoms with Gasteiger partial charge in [0.2, 0.25) is 0 Å². The SMILES string of the molecule is Nc1nn2cc(F)cnc2c1C(=O)Nc1cncc(F)c1N1CCC(CN2CCOCC2)CC1. The van der Waals surface area contributed by atoms with Gasteiger partial charge in [-0.15, -0.1) is 5.10 Å². The van der Waals surface area contributed by atoms with Gasteiger partial charge in [0.05, 0.1) is 43.7 Å². The highest BCUT2D eigenvalue weighted by Gasteiger charge is 2.27.